The lowest BCUT2D eigenvalue weighted by molar-refractivity contribution is 0.0818. The first-order valence-corrected chi connectivity index (χ1v) is 10.1. The molecule has 0 aromatic heterocycles. The summed E-state index contributed by atoms with van der Waals surface area (Å²) >= 11 is 0. The number of para-hydroxylation sites is 1. The molecule has 0 spiro atoms. The summed E-state index contributed by atoms with van der Waals surface area (Å²) in [5, 5.41) is 3.51. The third-order valence-electron chi connectivity index (χ3n) is 5.45. The summed E-state index contributed by atoms with van der Waals surface area (Å²) in [6, 6.07) is 18.5. The number of amides is 1. The van der Waals surface area contributed by atoms with Gasteiger partial charge >= 0.3 is 0 Å². The van der Waals surface area contributed by atoms with Crippen LogP contribution in [-0.2, 0) is 0 Å². The predicted molar refractivity (Wildman–Crippen MR) is 110 cm³/mol. The molecule has 1 saturated heterocycles. The highest BCUT2D eigenvalue weighted by atomic mass is 16.5. The molecule has 0 radical (unpaired) electrons. The van der Waals surface area contributed by atoms with Crippen LogP contribution in [-0.4, -0.2) is 48.4 Å². The fraction of sp³-hybridized carbons (Fsp3) is 0.348. The van der Waals surface area contributed by atoms with Gasteiger partial charge in [0.05, 0.1) is 5.56 Å². The van der Waals surface area contributed by atoms with E-state index in [2.05, 4.69) is 40.5 Å². The predicted octanol–water partition coefficient (Wildman–Crippen LogP) is 3.42. The summed E-state index contributed by atoms with van der Waals surface area (Å²) in [5.41, 5.74) is 1.99. The van der Waals surface area contributed by atoms with Gasteiger partial charge in [-0.25, -0.2) is 0 Å². The van der Waals surface area contributed by atoms with Crippen LogP contribution in [0.5, 0.6) is 5.75 Å². The van der Waals surface area contributed by atoms with E-state index in [9.17, 15) is 4.79 Å². The molecule has 2 aromatic carbocycles. The number of carbonyl (C=O) groups is 1. The lowest BCUT2D eigenvalue weighted by Gasteiger charge is -2.36. The minimum Gasteiger partial charge on any atom is -0.463 e. The van der Waals surface area contributed by atoms with Crippen LogP contribution in [0.25, 0.3) is 0 Å². The Labute approximate surface area is 166 Å². The van der Waals surface area contributed by atoms with Crippen molar-refractivity contribution in [2.24, 2.45) is 0 Å². The van der Waals surface area contributed by atoms with E-state index in [-0.39, 0.29) is 5.91 Å². The molecule has 2 aromatic rings. The summed E-state index contributed by atoms with van der Waals surface area (Å²) in [6.07, 6.45) is 5.37. The zero-order chi connectivity index (χ0) is 19.2. The molecule has 5 heteroatoms. The van der Waals surface area contributed by atoms with Crippen LogP contribution in [0.4, 0.5) is 0 Å². The normalized spacial score (nSPS) is 19.8. The van der Waals surface area contributed by atoms with Gasteiger partial charge in [-0.05, 0) is 37.1 Å². The van der Waals surface area contributed by atoms with Crippen molar-refractivity contribution < 1.29 is 9.53 Å². The van der Waals surface area contributed by atoms with E-state index in [1.165, 1.54) is 5.56 Å². The Hall–Kier alpha value is -2.63. The van der Waals surface area contributed by atoms with Crippen LogP contribution in [0.15, 0.2) is 67.1 Å². The van der Waals surface area contributed by atoms with E-state index >= 15 is 0 Å². The third-order valence-corrected chi connectivity index (χ3v) is 5.45. The van der Waals surface area contributed by atoms with Crippen LogP contribution in [0.2, 0.25) is 0 Å². The number of ether oxygens (including phenoxy) is 1. The molecule has 2 heterocycles. The molecule has 1 unspecified atom stereocenters. The largest absolute Gasteiger partial charge is 0.463 e. The molecular formula is C23H27N3O2. The third kappa shape index (κ3) is 4.26. The number of unbranched alkanes of at least 4 members (excludes halogenated alkanes) is 1. The second-order valence-corrected chi connectivity index (χ2v) is 7.27. The first-order valence-electron chi connectivity index (χ1n) is 10.1. The monoisotopic (exact) mass is 377 g/mol. The molecule has 0 aliphatic carbocycles. The quantitative estimate of drug-likeness (QED) is 0.784. The van der Waals surface area contributed by atoms with E-state index in [1.54, 1.807) is 17.4 Å². The maximum absolute atomic E-state index is 12.7. The highest BCUT2D eigenvalue weighted by molar-refractivity contribution is 5.97. The number of benzene rings is 2. The second kappa shape index (κ2) is 9.04. The fourth-order valence-corrected chi connectivity index (χ4v) is 3.94. The molecule has 4 rings (SSSR count). The maximum Gasteiger partial charge on any atom is 0.261 e. The molecule has 28 heavy (non-hydrogen) atoms. The van der Waals surface area contributed by atoms with Crippen molar-refractivity contribution in [2.45, 2.75) is 18.9 Å². The van der Waals surface area contributed by atoms with Crippen molar-refractivity contribution in [1.82, 2.24) is 15.1 Å². The van der Waals surface area contributed by atoms with E-state index < -0.39 is 0 Å². The summed E-state index contributed by atoms with van der Waals surface area (Å²) < 4.78 is 5.56. The lowest BCUT2D eigenvalue weighted by Crippen LogP contribution is -2.46. The molecule has 0 saturated carbocycles. The topological polar surface area (TPSA) is 44.8 Å². The first kappa shape index (κ1) is 18.7. The Kier molecular flexibility index (Phi) is 6.04. The molecular weight excluding hydrogens is 350 g/mol. The molecule has 1 amide bonds. The van der Waals surface area contributed by atoms with Crippen LogP contribution in [0.3, 0.4) is 0 Å². The van der Waals surface area contributed by atoms with Crippen molar-refractivity contribution in [3.8, 4) is 5.75 Å². The van der Waals surface area contributed by atoms with Crippen LogP contribution in [0.1, 0.15) is 34.8 Å². The summed E-state index contributed by atoms with van der Waals surface area (Å²) in [5.74, 6) is 0.631. The molecule has 1 atom stereocenters. The van der Waals surface area contributed by atoms with Gasteiger partial charge in [-0.1, -0.05) is 42.5 Å². The Balaban J connectivity index is 1.31. The van der Waals surface area contributed by atoms with E-state index in [4.69, 9.17) is 4.74 Å². The van der Waals surface area contributed by atoms with Crippen molar-refractivity contribution in [2.75, 3.05) is 32.7 Å². The van der Waals surface area contributed by atoms with E-state index in [1.807, 2.05) is 24.3 Å². The zero-order valence-corrected chi connectivity index (χ0v) is 16.1. The van der Waals surface area contributed by atoms with Crippen LogP contribution in [0, 0.1) is 0 Å². The van der Waals surface area contributed by atoms with Gasteiger partial charge in [0.25, 0.3) is 5.91 Å². The highest BCUT2D eigenvalue weighted by Gasteiger charge is 2.24. The highest BCUT2D eigenvalue weighted by Crippen LogP contribution is 2.24. The molecule has 0 bridgehead atoms. The van der Waals surface area contributed by atoms with Crippen LogP contribution >= 0.6 is 0 Å². The van der Waals surface area contributed by atoms with Gasteiger partial charge in [0.1, 0.15) is 12.0 Å². The lowest BCUT2D eigenvalue weighted by atomic mass is 10.0. The molecule has 2 aliphatic rings. The van der Waals surface area contributed by atoms with Crippen molar-refractivity contribution >= 4 is 5.91 Å². The average molecular weight is 377 g/mol. The van der Waals surface area contributed by atoms with Crippen molar-refractivity contribution in [3.63, 3.8) is 0 Å². The maximum atomic E-state index is 12.7. The first-order chi connectivity index (χ1) is 13.8. The van der Waals surface area contributed by atoms with Gasteiger partial charge < -0.3 is 15.0 Å². The second-order valence-electron chi connectivity index (χ2n) is 7.27. The summed E-state index contributed by atoms with van der Waals surface area (Å²) in [7, 11) is 0. The average Bonchev–Trinajstić information content (AvgIpc) is 2.91. The van der Waals surface area contributed by atoms with Crippen molar-refractivity contribution in [3.05, 3.63) is 78.2 Å². The minimum absolute atomic E-state index is 0.00804. The minimum atomic E-state index is 0.00804. The van der Waals surface area contributed by atoms with Crippen molar-refractivity contribution in [1.29, 1.82) is 0 Å². The van der Waals surface area contributed by atoms with Gasteiger partial charge in [0, 0.05) is 38.4 Å². The van der Waals surface area contributed by atoms with Gasteiger partial charge in [0.2, 0.25) is 0 Å². The number of hydrogen-bond acceptors (Lipinski definition) is 4. The fourth-order valence-electron chi connectivity index (χ4n) is 3.94. The van der Waals surface area contributed by atoms with Crippen LogP contribution < -0.4 is 10.1 Å². The molecule has 1 N–H and O–H groups in total. The molecule has 146 valence electrons. The molecule has 2 aliphatic heterocycles. The summed E-state index contributed by atoms with van der Waals surface area (Å²) in [4.78, 5) is 17.1. The number of hydrogen-bond donors (Lipinski definition) is 1. The molecule has 5 nitrogen and oxygen atoms in total. The van der Waals surface area contributed by atoms with Gasteiger partial charge in [-0.3, -0.25) is 9.69 Å². The van der Waals surface area contributed by atoms with E-state index in [0.717, 1.165) is 39.0 Å². The number of piperazine rings is 1. The van der Waals surface area contributed by atoms with Gasteiger partial charge in [-0.15, -0.1) is 0 Å². The van der Waals surface area contributed by atoms with Gasteiger partial charge in [-0.2, -0.15) is 0 Å². The standard InChI is InChI=1S/C23H27N3O2/c27-23-20-10-4-5-11-22(20)28-17-16-26(23)14-7-6-13-25-15-12-24-18-21(25)19-8-2-1-3-9-19/h1-5,8-11,16-17,21,24H,6-7,12-15,18H2. The zero-order valence-electron chi connectivity index (χ0n) is 16.1. The number of nitrogens with zero attached hydrogens (tertiary/aromatic N) is 2. The van der Waals surface area contributed by atoms with E-state index in [0.29, 0.717) is 23.9 Å². The number of fused-ring (bicyclic) bond motifs is 1. The number of rotatable bonds is 6. The number of nitrogens with one attached hydrogen (secondary N) is 1. The number of carbonyl (C=O) groups excluding carboxylic acids is 1. The van der Waals surface area contributed by atoms with Gasteiger partial charge in [0.15, 0.2) is 0 Å². The Morgan fingerprint density at radius 3 is 2.68 bits per heavy atom. The molecule has 1 fully saturated rings. The Bertz CT molecular complexity index is 822. The smallest absolute Gasteiger partial charge is 0.261 e. The Morgan fingerprint density at radius 2 is 1.79 bits per heavy atom. The summed E-state index contributed by atoms with van der Waals surface area (Å²) in [6.45, 7) is 4.83. The Morgan fingerprint density at radius 1 is 1.00 bits per heavy atom. The SMILES string of the molecule is O=C1c2ccccc2OC=CN1CCCCN1CCNCC1c1ccccc1.